The van der Waals surface area contributed by atoms with Gasteiger partial charge in [0.2, 0.25) is 0 Å². The van der Waals surface area contributed by atoms with Crippen LogP contribution < -0.4 is 0 Å². The van der Waals surface area contributed by atoms with Crippen LogP contribution in [-0.4, -0.2) is 11.2 Å². The van der Waals surface area contributed by atoms with Gasteiger partial charge in [0.25, 0.3) is 0 Å². The predicted molar refractivity (Wildman–Crippen MR) is 75.1 cm³/mol. The van der Waals surface area contributed by atoms with Crippen molar-refractivity contribution in [2.45, 2.75) is 84.7 Å². The highest BCUT2D eigenvalue weighted by Gasteiger charge is 2.29. The minimum absolute atomic E-state index is 0.00354. The summed E-state index contributed by atoms with van der Waals surface area (Å²) in [6, 6.07) is 0. The fourth-order valence-corrected chi connectivity index (χ4v) is 3.21. The fraction of sp³-hybridized carbons (Fsp3) is 1.00. The lowest BCUT2D eigenvalue weighted by molar-refractivity contribution is 0.0324. The molecule has 17 heavy (non-hydrogen) atoms. The summed E-state index contributed by atoms with van der Waals surface area (Å²) in [7, 11) is 0. The van der Waals surface area contributed by atoms with Gasteiger partial charge in [-0.05, 0) is 43.4 Å². The Morgan fingerprint density at radius 3 is 2.41 bits per heavy atom. The van der Waals surface area contributed by atoms with E-state index in [1.54, 1.807) is 0 Å². The normalized spacial score (nSPS) is 29.8. The highest BCUT2D eigenvalue weighted by Crippen LogP contribution is 2.36. The summed E-state index contributed by atoms with van der Waals surface area (Å²) in [5.41, 5.74) is 0. The number of unbranched alkanes of at least 4 members (excludes halogenated alkanes) is 4. The Morgan fingerprint density at radius 2 is 1.76 bits per heavy atom. The quantitative estimate of drug-likeness (QED) is 0.635. The van der Waals surface area contributed by atoms with Gasteiger partial charge < -0.3 is 5.11 Å². The van der Waals surface area contributed by atoms with E-state index >= 15 is 0 Å². The van der Waals surface area contributed by atoms with E-state index in [0.29, 0.717) is 5.92 Å². The predicted octanol–water partition coefficient (Wildman–Crippen LogP) is 4.78. The van der Waals surface area contributed by atoms with Crippen molar-refractivity contribution in [2.24, 2.45) is 17.8 Å². The SMILES string of the molecule is CCCCCCCC1CC(C(C)C)CCC1O. The van der Waals surface area contributed by atoms with E-state index in [1.807, 2.05) is 0 Å². The molecule has 1 heteroatoms. The molecule has 0 heterocycles. The molecule has 0 aliphatic heterocycles. The van der Waals surface area contributed by atoms with Crippen LogP contribution in [0.4, 0.5) is 0 Å². The molecule has 0 aromatic rings. The van der Waals surface area contributed by atoms with Gasteiger partial charge in [0.1, 0.15) is 0 Å². The zero-order valence-electron chi connectivity index (χ0n) is 12.1. The van der Waals surface area contributed by atoms with Crippen molar-refractivity contribution in [2.75, 3.05) is 0 Å². The molecule has 3 atom stereocenters. The first kappa shape index (κ1) is 15.0. The summed E-state index contributed by atoms with van der Waals surface area (Å²) in [4.78, 5) is 0. The van der Waals surface area contributed by atoms with Crippen molar-refractivity contribution >= 4 is 0 Å². The number of aliphatic hydroxyl groups is 1. The molecule has 1 N–H and O–H groups in total. The van der Waals surface area contributed by atoms with Crippen LogP contribution in [0.5, 0.6) is 0 Å². The molecule has 1 saturated carbocycles. The maximum Gasteiger partial charge on any atom is 0.0568 e. The van der Waals surface area contributed by atoms with Gasteiger partial charge in [-0.25, -0.2) is 0 Å². The third-order valence-electron chi connectivity index (χ3n) is 4.60. The Morgan fingerprint density at radius 1 is 1.06 bits per heavy atom. The first-order chi connectivity index (χ1) is 8.15. The minimum atomic E-state index is -0.00354. The molecular weight excluding hydrogens is 208 g/mol. The molecular formula is C16H32O. The largest absolute Gasteiger partial charge is 0.393 e. The zero-order chi connectivity index (χ0) is 12.7. The third kappa shape index (κ3) is 5.42. The van der Waals surface area contributed by atoms with E-state index in [0.717, 1.165) is 18.3 Å². The van der Waals surface area contributed by atoms with Gasteiger partial charge in [0, 0.05) is 0 Å². The molecule has 1 rings (SSSR count). The van der Waals surface area contributed by atoms with Gasteiger partial charge in [-0.2, -0.15) is 0 Å². The molecule has 0 amide bonds. The summed E-state index contributed by atoms with van der Waals surface area (Å²) >= 11 is 0. The Kier molecular flexibility index (Phi) is 7.18. The minimum Gasteiger partial charge on any atom is -0.393 e. The van der Waals surface area contributed by atoms with Crippen LogP contribution in [0, 0.1) is 17.8 Å². The molecule has 0 bridgehead atoms. The average molecular weight is 240 g/mol. The fourth-order valence-electron chi connectivity index (χ4n) is 3.21. The Balaban J connectivity index is 2.20. The third-order valence-corrected chi connectivity index (χ3v) is 4.60. The van der Waals surface area contributed by atoms with Crippen molar-refractivity contribution in [1.29, 1.82) is 0 Å². The van der Waals surface area contributed by atoms with E-state index < -0.39 is 0 Å². The van der Waals surface area contributed by atoms with Crippen LogP contribution in [0.15, 0.2) is 0 Å². The van der Waals surface area contributed by atoms with Gasteiger partial charge in [-0.1, -0.05) is 52.9 Å². The maximum absolute atomic E-state index is 10.1. The van der Waals surface area contributed by atoms with Crippen LogP contribution in [0.25, 0.3) is 0 Å². The van der Waals surface area contributed by atoms with E-state index in [-0.39, 0.29) is 6.10 Å². The van der Waals surface area contributed by atoms with E-state index in [1.165, 1.54) is 51.4 Å². The molecule has 3 unspecified atom stereocenters. The number of aliphatic hydroxyl groups excluding tert-OH is 1. The lowest BCUT2D eigenvalue weighted by Gasteiger charge is -2.35. The molecule has 1 aliphatic carbocycles. The molecule has 1 nitrogen and oxygen atoms in total. The molecule has 102 valence electrons. The second kappa shape index (κ2) is 8.13. The van der Waals surface area contributed by atoms with Crippen molar-refractivity contribution < 1.29 is 5.11 Å². The first-order valence-corrected chi connectivity index (χ1v) is 7.83. The number of hydrogen-bond acceptors (Lipinski definition) is 1. The van der Waals surface area contributed by atoms with Gasteiger partial charge >= 0.3 is 0 Å². The van der Waals surface area contributed by atoms with Crippen molar-refractivity contribution in [3.63, 3.8) is 0 Å². The van der Waals surface area contributed by atoms with Crippen LogP contribution in [-0.2, 0) is 0 Å². The smallest absolute Gasteiger partial charge is 0.0568 e. The van der Waals surface area contributed by atoms with Crippen LogP contribution in [0.1, 0.15) is 78.6 Å². The number of hydrogen-bond donors (Lipinski definition) is 1. The van der Waals surface area contributed by atoms with E-state index in [2.05, 4.69) is 20.8 Å². The Hall–Kier alpha value is -0.0400. The Labute approximate surface area is 108 Å². The second-order valence-electron chi connectivity index (χ2n) is 6.35. The van der Waals surface area contributed by atoms with Crippen molar-refractivity contribution in [1.82, 2.24) is 0 Å². The summed E-state index contributed by atoms with van der Waals surface area (Å²) in [5.74, 6) is 2.25. The van der Waals surface area contributed by atoms with Gasteiger partial charge in [0.15, 0.2) is 0 Å². The summed E-state index contributed by atoms with van der Waals surface area (Å²) in [6.07, 6.45) is 11.6. The maximum atomic E-state index is 10.1. The molecule has 0 aromatic carbocycles. The molecule has 1 fully saturated rings. The second-order valence-corrected chi connectivity index (χ2v) is 6.35. The van der Waals surface area contributed by atoms with Crippen LogP contribution >= 0.6 is 0 Å². The molecule has 0 saturated heterocycles. The van der Waals surface area contributed by atoms with Gasteiger partial charge in [0.05, 0.1) is 6.10 Å². The lowest BCUT2D eigenvalue weighted by atomic mass is 9.73. The number of rotatable bonds is 7. The van der Waals surface area contributed by atoms with Crippen molar-refractivity contribution in [3.8, 4) is 0 Å². The van der Waals surface area contributed by atoms with E-state index in [9.17, 15) is 5.11 Å². The molecule has 1 aliphatic rings. The highest BCUT2D eigenvalue weighted by molar-refractivity contribution is 4.81. The summed E-state index contributed by atoms with van der Waals surface area (Å²) in [6.45, 7) is 6.93. The van der Waals surface area contributed by atoms with Crippen LogP contribution in [0.2, 0.25) is 0 Å². The van der Waals surface area contributed by atoms with Gasteiger partial charge in [-0.3, -0.25) is 0 Å². The lowest BCUT2D eigenvalue weighted by Crippen LogP contribution is -2.31. The average Bonchev–Trinajstić information content (AvgIpc) is 2.30. The first-order valence-electron chi connectivity index (χ1n) is 7.83. The Bertz CT molecular complexity index is 188. The zero-order valence-corrected chi connectivity index (χ0v) is 12.1. The van der Waals surface area contributed by atoms with E-state index in [4.69, 9.17) is 0 Å². The molecule has 0 aromatic heterocycles. The summed E-state index contributed by atoms with van der Waals surface area (Å²) in [5, 5.41) is 10.1. The highest BCUT2D eigenvalue weighted by atomic mass is 16.3. The topological polar surface area (TPSA) is 20.2 Å². The van der Waals surface area contributed by atoms with Crippen molar-refractivity contribution in [3.05, 3.63) is 0 Å². The summed E-state index contributed by atoms with van der Waals surface area (Å²) < 4.78 is 0. The molecule has 0 radical (unpaired) electrons. The monoisotopic (exact) mass is 240 g/mol. The van der Waals surface area contributed by atoms with Gasteiger partial charge in [-0.15, -0.1) is 0 Å². The molecule has 0 spiro atoms. The standard InChI is InChI=1S/C16H32O/c1-4-5-6-7-8-9-15-12-14(13(2)3)10-11-16(15)17/h13-17H,4-12H2,1-3H3. The van der Waals surface area contributed by atoms with Crippen LogP contribution in [0.3, 0.4) is 0 Å².